The van der Waals surface area contributed by atoms with Crippen LogP contribution in [0.4, 0.5) is 0 Å². The van der Waals surface area contributed by atoms with Crippen LogP contribution in [0.2, 0.25) is 0 Å². The summed E-state index contributed by atoms with van der Waals surface area (Å²) in [5.74, 6) is 0.700. The smallest absolute Gasteiger partial charge is 0.289 e. The Hall–Kier alpha value is -2.75. The largest absolute Gasteiger partial charge is 0.373 e. The highest BCUT2D eigenvalue weighted by Gasteiger charge is 2.40. The maximum Gasteiger partial charge on any atom is 0.289 e. The molecule has 2 aromatic heterocycles. The second-order valence-electron chi connectivity index (χ2n) is 9.39. The molecule has 1 fully saturated rings. The minimum Gasteiger partial charge on any atom is -0.373 e. The van der Waals surface area contributed by atoms with Crippen LogP contribution < -0.4 is 5.32 Å². The van der Waals surface area contributed by atoms with Crippen LogP contribution in [-0.4, -0.2) is 66.5 Å². The van der Waals surface area contributed by atoms with Crippen molar-refractivity contribution in [3.63, 3.8) is 0 Å². The fraction of sp³-hybridized carbons (Fsp3) is 0.650. The molecular weight excluding hydrogens is 386 g/mol. The van der Waals surface area contributed by atoms with Crippen LogP contribution in [0.3, 0.4) is 0 Å². The summed E-state index contributed by atoms with van der Waals surface area (Å²) in [4.78, 5) is 27.3. The molecule has 1 N–H and O–H groups in total. The van der Waals surface area contributed by atoms with Crippen LogP contribution >= 0.6 is 0 Å². The van der Waals surface area contributed by atoms with Gasteiger partial charge in [-0.2, -0.15) is 5.10 Å². The van der Waals surface area contributed by atoms with Crippen molar-refractivity contribution in [3.8, 4) is 0 Å². The fourth-order valence-corrected chi connectivity index (χ4v) is 4.09. The molecule has 4 rings (SSSR count). The first-order valence-corrected chi connectivity index (χ1v) is 10.3. The number of aromatic nitrogens is 5. The molecule has 0 aromatic carbocycles. The van der Waals surface area contributed by atoms with E-state index in [1.165, 1.54) is 0 Å². The number of nitrogens with zero attached hydrogens (tertiary/aromatic N) is 6. The molecular formula is C20H29N7O3. The Morgan fingerprint density at radius 1 is 1.20 bits per heavy atom. The number of carbonyl (C=O) groups is 2. The third-order valence-corrected chi connectivity index (χ3v) is 5.70. The monoisotopic (exact) mass is 415 g/mol. The highest BCUT2D eigenvalue weighted by atomic mass is 16.5. The molecule has 2 aromatic rings. The van der Waals surface area contributed by atoms with E-state index in [4.69, 9.17) is 4.74 Å². The molecule has 0 saturated carbocycles. The number of piperidine rings is 1. The molecule has 30 heavy (non-hydrogen) atoms. The van der Waals surface area contributed by atoms with E-state index in [2.05, 4.69) is 20.6 Å². The zero-order valence-corrected chi connectivity index (χ0v) is 18.0. The topological polar surface area (TPSA) is 107 Å². The van der Waals surface area contributed by atoms with Gasteiger partial charge in [0, 0.05) is 43.8 Å². The van der Waals surface area contributed by atoms with Gasteiger partial charge in [0.25, 0.3) is 11.8 Å². The van der Waals surface area contributed by atoms with E-state index in [9.17, 15) is 9.59 Å². The maximum atomic E-state index is 12.7. The molecule has 2 aliphatic rings. The second kappa shape index (κ2) is 7.50. The van der Waals surface area contributed by atoms with E-state index >= 15 is 0 Å². The lowest BCUT2D eigenvalue weighted by atomic mass is 9.78. The number of ether oxygens (including phenoxy) is 1. The maximum absolute atomic E-state index is 12.7. The van der Waals surface area contributed by atoms with Crippen molar-refractivity contribution < 1.29 is 14.3 Å². The lowest BCUT2D eigenvalue weighted by Gasteiger charge is -2.40. The zero-order valence-electron chi connectivity index (χ0n) is 18.0. The van der Waals surface area contributed by atoms with Gasteiger partial charge in [0.1, 0.15) is 12.3 Å². The van der Waals surface area contributed by atoms with E-state index in [-0.39, 0.29) is 22.8 Å². The summed E-state index contributed by atoms with van der Waals surface area (Å²) < 4.78 is 9.45. The van der Waals surface area contributed by atoms with E-state index in [1.54, 1.807) is 24.0 Å². The summed E-state index contributed by atoms with van der Waals surface area (Å²) >= 11 is 0. The Balaban J connectivity index is 1.49. The second-order valence-corrected chi connectivity index (χ2v) is 9.39. The van der Waals surface area contributed by atoms with Crippen LogP contribution in [-0.2, 0) is 24.9 Å². The lowest BCUT2D eigenvalue weighted by molar-refractivity contribution is -0.00218. The van der Waals surface area contributed by atoms with Crippen molar-refractivity contribution in [1.82, 2.24) is 34.8 Å². The molecule has 2 amide bonds. The highest BCUT2D eigenvalue weighted by Crippen LogP contribution is 2.36. The first kappa shape index (κ1) is 20.5. The molecule has 4 heterocycles. The Labute approximate surface area is 175 Å². The van der Waals surface area contributed by atoms with Gasteiger partial charge in [-0.05, 0) is 39.7 Å². The van der Waals surface area contributed by atoms with Crippen molar-refractivity contribution in [1.29, 1.82) is 0 Å². The lowest BCUT2D eigenvalue weighted by Crippen LogP contribution is -2.47. The minimum atomic E-state index is -0.362. The molecule has 10 nitrogen and oxygen atoms in total. The number of carbonyl (C=O) groups excluding carboxylic acids is 2. The number of likely N-dealkylation sites (tertiary alicyclic amines) is 1. The van der Waals surface area contributed by atoms with Crippen molar-refractivity contribution in [2.45, 2.75) is 52.3 Å². The SMILES string of the molecule is Cn1ccc(C(=O)N2CCC3(CC2)COCc2nnc(C(=O)NC(C)(C)C)n2C3)n1. The number of amides is 2. The quantitative estimate of drug-likeness (QED) is 0.784. The van der Waals surface area contributed by atoms with Gasteiger partial charge in [0.05, 0.1) is 6.61 Å². The van der Waals surface area contributed by atoms with Gasteiger partial charge in [0.2, 0.25) is 5.82 Å². The Kier molecular flexibility index (Phi) is 5.13. The van der Waals surface area contributed by atoms with E-state index in [1.807, 2.05) is 30.2 Å². The van der Waals surface area contributed by atoms with E-state index < -0.39 is 0 Å². The van der Waals surface area contributed by atoms with Crippen LogP contribution in [0, 0.1) is 5.41 Å². The minimum absolute atomic E-state index is 0.0461. The van der Waals surface area contributed by atoms with Gasteiger partial charge in [-0.1, -0.05) is 0 Å². The van der Waals surface area contributed by atoms with Gasteiger partial charge in [-0.15, -0.1) is 10.2 Å². The van der Waals surface area contributed by atoms with Crippen molar-refractivity contribution in [2.75, 3.05) is 19.7 Å². The van der Waals surface area contributed by atoms with Crippen molar-refractivity contribution >= 4 is 11.8 Å². The third kappa shape index (κ3) is 4.09. The van der Waals surface area contributed by atoms with Gasteiger partial charge >= 0.3 is 0 Å². The van der Waals surface area contributed by atoms with E-state index in [0.29, 0.717) is 50.2 Å². The third-order valence-electron chi connectivity index (χ3n) is 5.70. The highest BCUT2D eigenvalue weighted by molar-refractivity contribution is 5.92. The standard InChI is InChI=1S/C20H29N7O3/c1-19(2,3)21-17(28)16-23-22-15-11-30-13-20(12-27(15)16)6-9-26(10-7-20)18(29)14-5-8-25(4)24-14/h5,8H,6-7,9-13H2,1-4H3,(H,21,28). The molecule has 0 unspecified atom stereocenters. The van der Waals surface area contributed by atoms with Crippen molar-refractivity contribution in [2.24, 2.45) is 12.5 Å². The van der Waals surface area contributed by atoms with E-state index in [0.717, 1.165) is 12.8 Å². The summed E-state index contributed by atoms with van der Waals surface area (Å²) in [6, 6.07) is 1.74. The van der Waals surface area contributed by atoms with Gasteiger partial charge < -0.3 is 19.5 Å². The molecule has 1 saturated heterocycles. The molecule has 0 aliphatic carbocycles. The number of rotatable bonds is 2. The molecule has 10 heteroatoms. The Bertz CT molecular complexity index is 948. The molecule has 1 spiro atoms. The van der Waals surface area contributed by atoms with Crippen LogP contribution in [0.25, 0.3) is 0 Å². The summed E-state index contributed by atoms with van der Waals surface area (Å²) in [5.41, 5.74) is -0.0574. The van der Waals surface area contributed by atoms with Gasteiger partial charge in [0.15, 0.2) is 5.82 Å². The molecule has 162 valence electrons. The summed E-state index contributed by atoms with van der Waals surface area (Å²) in [7, 11) is 1.80. The average molecular weight is 415 g/mol. The summed E-state index contributed by atoms with van der Waals surface area (Å²) in [6.07, 6.45) is 3.34. The zero-order chi connectivity index (χ0) is 21.5. The molecule has 2 aliphatic heterocycles. The predicted octanol–water partition coefficient (Wildman–Crippen LogP) is 0.993. The number of nitrogens with one attached hydrogen (secondary N) is 1. The average Bonchev–Trinajstić information content (AvgIpc) is 3.23. The Morgan fingerprint density at radius 2 is 1.93 bits per heavy atom. The molecule has 0 radical (unpaired) electrons. The van der Waals surface area contributed by atoms with Gasteiger partial charge in [-0.25, -0.2) is 0 Å². The fourth-order valence-electron chi connectivity index (χ4n) is 4.09. The first-order chi connectivity index (χ1) is 14.2. The number of aryl methyl sites for hydroxylation is 1. The summed E-state index contributed by atoms with van der Waals surface area (Å²) in [6.45, 7) is 8.56. The van der Waals surface area contributed by atoms with Gasteiger partial charge in [-0.3, -0.25) is 14.3 Å². The van der Waals surface area contributed by atoms with Crippen LogP contribution in [0.15, 0.2) is 12.3 Å². The Morgan fingerprint density at radius 3 is 2.57 bits per heavy atom. The normalized spacial score (nSPS) is 18.7. The molecule has 0 atom stereocenters. The van der Waals surface area contributed by atoms with Crippen LogP contribution in [0.5, 0.6) is 0 Å². The van der Waals surface area contributed by atoms with Crippen molar-refractivity contribution in [3.05, 3.63) is 29.6 Å². The summed E-state index contributed by atoms with van der Waals surface area (Å²) in [5, 5.41) is 15.5. The number of fused-ring (bicyclic) bond motifs is 1. The molecule has 0 bridgehead atoms. The first-order valence-electron chi connectivity index (χ1n) is 10.3. The van der Waals surface area contributed by atoms with Crippen LogP contribution in [0.1, 0.15) is 60.5 Å². The number of hydrogen-bond donors (Lipinski definition) is 1. The predicted molar refractivity (Wildman–Crippen MR) is 108 cm³/mol. The number of hydrogen-bond acceptors (Lipinski definition) is 6.